The standard InChI is InChI=1S/C25H29F2NO2/c1-25(2,3)30-24(29)28-15-13-18(14-16-28)17-22(23(26)27)21-11-9-20(10-12-21)19-7-5-4-6-8-19/h4-12,18H,13-17H2,1-3H3. The van der Waals surface area contributed by atoms with E-state index in [4.69, 9.17) is 4.74 Å². The first-order valence-electron chi connectivity index (χ1n) is 10.4. The van der Waals surface area contributed by atoms with Crippen LogP contribution in [0.3, 0.4) is 0 Å². The summed E-state index contributed by atoms with van der Waals surface area (Å²) in [7, 11) is 0. The molecular formula is C25H29F2NO2. The Bertz CT molecular complexity index is 874. The Hall–Kier alpha value is -2.69. The van der Waals surface area contributed by atoms with Crippen molar-refractivity contribution in [3.63, 3.8) is 0 Å². The highest BCUT2D eigenvalue weighted by atomic mass is 19.3. The van der Waals surface area contributed by atoms with Crippen LogP contribution >= 0.6 is 0 Å². The molecule has 2 aromatic carbocycles. The molecule has 1 amide bonds. The van der Waals surface area contributed by atoms with Gasteiger partial charge in [-0.05, 0) is 62.6 Å². The number of rotatable bonds is 4. The number of benzene rings is 2. The molecule has 0 radical (unpaired) electrons. The van der Waals surface area contributed by atoms with E-state index in [0.717, 1.165) is 11.1 Å². The van der Waals surface area contributed by atoms with E-state index in [1.54, 1.807) is 17.0 Å². The lowest BCUT2D eigenvalue weighted by Crippen LogP contribution is -2.41. The average molecular weight is 414 g/mol. The zero-order valence-electron chi connectivity index (χ0n) is 17.8. The summed E-state index contributed by atoms with van der Waals surface area (Å²) in [5, 5.41) is 0. The summed E-state index contributed by atoms with van der Waals surface area (Å²) in [5.74, 6) is 0.119. The van der Waals surface area contributed by atoms with Crippen LogP contribution in [0.2, 0.25) is 0 Å². The number of carbonyl (C=O) groups excluding carboxylic acids is 1. The molecular weight excluding hydrogens is 384 g/mol. The fraction of sp³-hybridized carbons (Fsp3) is 0.400. The van der Waals surface area contributed by atoms with Crippen molar-refractivity contribution in [2.45, 2.75) is 45.6 Å². The number of carbonyl (C=O) groups is 1. The summed E-state index contributed by atoms with van der Waals surface area (Å²) < 4.78 is 32.9. The van der Waals surface area contributed by atoms with Gasteiger partial charge in [-0.15, -0.1) is 0 Å². The van der Waals surface area contributed by atoms with Crippen LogP contribution in [-0.4, -0.2) is 29.7 Å². The van der Waals surface area contributed by atoms with Gasteiger partial charge in [-0.3, -0.25) is 0 Å². The van der Waals surface area contributed by atoms with Crippen LogP contribution in [-0.2, 0) is 4.74 Å². The molecule has 1 heterocycles. The third-order valence-corrected chi connectivity index (χ3v) is 5.33. The first-order valence-corrected chi connectivity index (χ1v) is 10.4. The number of amides is 1. The summed E-state index contributed by atoms with van der Waals surface area (Å²) in [6.45, 7) is 6.58. The minimum Gasteiger partial charge on any atom is -0.444 e. The highest BCUT2D eigenvalue weighted by Gasteiger charge is 2.28. The number of hydrogen-bond donors (Lipinski definition) is 0. The predicted octanol–water partition coefficient (Wildman–Crippen LogP) is 7.00. The smallest absolute Gasteiger partial charge is 0.410 e. The van der Waals surface area contributed by atoms with Crippen molar-refractivity contribution in [1.29, 1.82) is 0 Å². The molecule has 0 unspecified atom stereocenters. The number of hydrogen-bond acceptors (Lipinski definition) is 2. The van der Waals surface area contributed by atoms with Crippen molar-refractivity contribution in [2.24, 2.45) is 5.92 Å². The van der Waals surface area contributed by atoms with Crippen LogP contribution in [0.25, 0.3) is 16.7 Å². The SMILES string of the molecule is CC(C)(C)OC(=O)N1CCC(CC(=C(F)F)c2ccc(-c3ccccc3)cc2)CC1. The Morgan fingerprint density at radius 1 is 0.967 bits per heavy atom. The molecule has 1 aliphatic heterocycles. The Kier molecular flexibility index (Phi) is 6.91. The molecule has 0 N–H and O–H groups in total. The van der Waals surface area contributed by atoms with Gasteiger partial charge in [0.2, 0.25) is 0 Å². The van der Waals surface area contributed by atoms with Crippen molar-refractivity contribution in [2.75, 3.05) is 13.1 Å². The number of halogens is 2. The minimum atomic E-state index is -1.63. The number of piperidine rings is 1. The molecule has 0 spiro atoms. The summed E-state index contributed by atoms with van der Waals surface area (Å²) in [5.41, 5.74) is 2.19. The van der Waals surface area contributed by atoms with Gasteiger partial charge in [-0.2, -0.15) is 8.78 Å². The average Bonchev–Trinajstić information content (AvgIpc) is 2.72. The molecule has 0 atom stereocenters. The van der Waals surface area contributed by atoms with Gasteiger partial charge in [-0.1, -0.05) is 54.6 Å². The van der Waals surface area contributed by atoms with Crippen LogP contribution < -0.4 is 0 Å². The summed E-state index contributed by atoms with van der Waals surface area (Å²) >= 11 is 0. The maximum absolute atomic E-state index is 13.7. The third kappa shape index (κ3) is 5.91. The fourth-order valence-corrected chi connectivity index (χ4v) is 3.73. The monoisotopic (exact) mass is 413 g/mol. The number of ether oxygens (including phenoxy) is 1. The van der Waals surface area contributed by atoms with Crippen molar-refractivity contribution >= 4 is 11.7 Å². The summed E-state index contributed by atoms with van der Waals surface area (Å²) in [6.07, 6.45) is -0.257. The van der Waals surface area contributed by atoms with Crippen molar-refractivity contribution < 1.29 is 18.3 Å². The van der Waals surface area contributed by atoms with Gasteiger partial charge in [0, 0.05) is 18.7 Å². The Morgan fingerprint density at radius 2 is 1.53 bits per heavy atom. The molecule has 1 fully saturated rings. The lowest BCUT2D eigenvalue weighted by atomic mass is 9.87. The van der Waals surface area contributed by atoms with E-state index in [0.29, 0.717) is 37.9 Å². The highest BCUT2D eigenvalue weighted by Crippen LogP contribution is 2.33. The van der Waals surface area contributed by atoms with Gasteiger partial charge in [0.25, 0.3) is 6.08 Å². The Morgan fingerprint density at radius 3 is 2.07 bits per heavy atom. The van der Waals surface area contributed by atoms with E-state index >= 15 is 0 Å². The van der Waals surface area contributed by atoms with E-state index in [-0.39, 0.29) is 17.6 Å². The fourth-order valence-electron chi connectivity index (χ4n) is 3.73. The second-order valence-electron chi connectivity index (χ2n) is 8.80. The first-order chi connectivity index (χ1) is 14.2. The molecule has 0 aliphatic carbocycles. The van der Waals surface area contributed by atoms with E-state index in [9.17, 15) is 13.6 Å². The second-order valence-corrected chi connectivity index (χ2v) is 8.80. The van der Waals surface area contributed by atoms with E-state index in [2.05, 4.69) is 0 Å². The topological polar surface area (TPSA) is 29.5 Å². The first kappa shape index (κ1) is 22.0. The molecule has 5 heteroatoms. The van der Waals surface area contributed by atoms with E-state index in [1.807, 2.05) is 63.2 Å². The number of likely N-dealkylation sites (tertiary alicyclic amines) is 1. The van der Waals surface area contributed by atoms with E-state index < -0.39 is 11.7 Å². The molecule has 3 nitrogen and oxygen atoms in total. The largest absolute Gasteiger partial charge is 0.444 e. The zero-order valence-corrected chi connectivity index (χ0v) is 17.8. The maximum atomic E-state index is 13.7. The van der Waals surface area contributed by atoms with Gasteiger partial charge in [0.05, 0.1) is 0 Å². The van der Waals surface area contributed by atoms with Crippen LogP contribution in [0.4, 0.5) is 13.6 Å². The van der Waals surface area contributed by atoms with Gasteiger partial charge in [-0.25, -0.2) is 4.79 Å². The molecule has 1 saturated heterocycles. The van der Waals surface area contributed by atoms with Crippen LogP contribution in [0.15, 0.2) is 60.7 Å². The molecule has 160 valence electrons. The third-order valence-electron chi connectivity index (χ3n) is 5.33. The molecule has 2 aromatic rings. The van der Waals surface area contributed by atoms with Gasteiger partial charge in [0.1, 0.15) is 5.60 Å². The minimum absolute atomic E-state index is 0.102. The molecule has 0 saturated carbocycles. The van der Waals surface area contributed by atoms with Crippen LogP contribution in [0.5, 0.6) is 0 Å². The summed E-state index contributed by atoms with van der Waals surface area (Å²) in [6, 6.07) is 17.2. The molecule has 30 heavy (non-hydrogen) atoms. The van der Waals surface area contributed by atoms with Crippen molar-refractivity contribution in [1.82, 2.24) is 4.90 Å². The van der Waals surface area contributed by atoms with Crippen LogP contribution in [0.1, 0.15) is 45.6 Å². The van der Waals surface area contributed by atoms with Crippen molar-refractivity contribution in [3.8, 4) is 11.1 Å². The maximum Gasteiger partial charge on any atom is 0.410 e. The highest BCUT2D eigenvalue weighted by molar-refractivity contribution is 5.71. The molecule has 3 rings (SSSR count). The molecule has 0 aromatic heterocycles. The van der Waals surface area contributed by atoms with Crippen molar-refractivity contribution in [3.05, 3.63) is 66.2 Å². The zero-order chi connectivity index (χ0) is 21.7. The quantitative estimate of drug-likeness (QED) is 0.540. The van der Waals surface area contributed by atoms with Gasteiger partial charge >= 0.3 is 6.09 Å². The Labute approximate surface area is 177 Å². The molecule has 0 bridgehead atoms. The second kappa shape index (κ2) is 9.41. The lowest BCUT2D eigenvalue weighted by molar-refractivity contribution is 0.0185. The lowest BCUT2D eigenvalue weighted by Gasteiger charge is -2.33. The normalized spacial score (nSPS) is 15.0. The van der Waals surface area contributed by atoms with Crippen LogP contribution in [0, 0.1) is 5.92 Å². The molecule has 1 aliphatic rings. The number of allylic oxidation sites excluding steroid dienone is 1. The van der Waals surface area contributed by atoms with Gasteiger partial charge in [0.15, 0.2) is 0 Å². The predicted molar refractivity (Wildman–Crippen MR) is 116 cm³/mol. The number of nitrogens with zero attached hydrogens (tertiary/aromatic N) is 1. The van der Waals surface area contributed by atoms with Gasteiger partial charge < -0.3 is 9.64 Å². The Balaban J connectivity index is 1.62. The van der Waals surface area contributed by atoms with E-state index in [1.165, 1.54) is 0 Å². The summed E-state index contributed by atoms with van der Waals surface area (Å²) in [4.78, 5) is 13.9.